The first-order chi connectivity index (χ1) is 10.7. The van der Waals surface area contributed by atoms with E-state index in [1.165, 1.54) is 0 Å². The van der Waals surface area contributed by atoms with Gasteiger partial charge in [-0.05, 0) is 43.3 Å². The van der Waals surface area contributed by atoms with Gasteiger partial charge in [-0.25, -0.2) is 0 Å². The van der Waals surface area contributed by atoms with Gasteiger partial charge in [-0.15, -0.1) is 0 Å². The van der Waals surface area contributed by atoms with Gasteiger partial charge in [0, 0.05) is 40.3 Å². The molecular weight excluding hydrogens is 364 g/mol. The molecular formula is C15H17BrN4OS. The van der Waals surface area contributed by atoms with Crippen molar-refractivity contribution >= 4 is 50.4 Å². The number of aromatic nitrogens is 1. The molecule has 2 heterocycles. The van der Waals surface area contributed by atoms with E-state index in [1.54, 1.807) is 6.21 Å². The Balaban J connectivity index is 1.54. The minimum absolute atomic E-state index is 0.259. The Bertz CT molecular complexity index is 694. The van der Waals surface area contributed by atoms with Crippen molar-refractivity contribution in [2.45, 2.75) is 18.9 Å². The normalized spacial score (nSPS) is 18.1. The molecule has 0 amide bonds. The number of thiocarbonyl (C=S) groups is 1. The molecule has 1 aliphatic heterocycles. The predicted octanol–water partition coefficient (Wildman–Crippen LogP) is 2.91. The highest BCUT2D eigenvalue weighted by atomic mass is 79.9. The number of aromatic amines is 1. The number of nitrogens with one attached hydrogen (secondary N) is 3. The second kappa shape index (κ2) is 7.21. The zero-order chi connectivity index (χ0) is 15.4. The van der Waals surface area contributed by atoms with Gasteiger partial charge in [-0.3, -0.25) is 5.43 Å². The zero-order valence-electron chi connectivity index (χ0n) is 11.9. The van der Waals surface area contributed by atoms with Crippen molar-refractivity contribution in [2.24, 2.45) is 5.10 Å². The van der Waals surface area contributed by atoms with E-state index >= 15 is 0 Å². The molecule has 1 atom stereocenters. The van der Waals surface area contributed by atoms with Crippen LogP contribution in [0.15, 0.2) is 34.0 Å². The summed E-state index contributed by atoms with van der Waals surface area (Å²) in [6.07, 6.45) is 6.15. The molecule has 1 aliphatic rings. The first-order valence-electron chi connectivity index (χ1n) is 7.17. The van der Waals surface area contributed by atoms with Crippen molar-refractivity contribution < 1.29 is 4.74 Å². The van der Waals surface area contributed by atoms with Crippen molar-refractivity contribution in [2.75, 3.05) is 13.2 Å². The molecule has 3 rings (SSSR count). The fourth-order valence-electron chi connectivity index (χ4n) is 2.43. The summed E-state index contributed by atoms with van der Waals surface area (Å²) in [5.41, 5.74) is 4.91. The second-order valence-electron chi connectivity index (χ2n) is 5.15. The van der Waals surface area contributed by atoms with Crippen LogP contribution in [0.3, 0.4) is 0 Å². The molecule has 2 aromatic rings. The Morgan fingerprint density at radius 1 is 1.55 bits per heavy atom. The van der Waals surface area contributed by atoms with Crippen molar-refractivity contribution in [1.82, 2.24) is 15.7 Å². The molecule has 116 valence electrons. The number of H-pyrrole nitrogens is 1. The molecule has 1 aromatic carbocycles. The lowest BCUT2D eigenvalue weighted by atomic mass is 10.2. The quantitative estimate of drug-likeness (QED) is 0.433. The van der Waals surface area contributed by atoms with Crippen molar-refractivity contribution in [3.8, 4) is 0 Å². The standard InChI is InChI=1S/C15H17BrN4OS/c16-11-3-4-14-13(6-11)10(7-17-14)8-19-20-15(22)18-9-12-2-1-5-21-12/h3-4,6-8,12,17H,1-2,5,9H2,(H2,18,20,22)/b19-8+/t12-/m0/s1. The number of hydrogen-bond acceptors (Lipinski definition) is 3. The van der Waals surface area contributed by atoms with Crippen LogP contribution in [0.5, 0.6) is 0 Å². The van der Waals surface area contributed by atoms with Crippen LogP contribution < -0.4 is 10.7 Å². The maximum atomic E-state index is 5.53. The largest absolute Gasteiger partial charge is 0.376 e. The van der Waals surface area contributed by atoms with Crippen LogP contribution in [0.1, 0.15) is 18.4 Å². The summed E-state index contributed by atoms with van der Waals surface area (Å²) >= 11 is 8.67. The molecule has 1 saturated heterocycles. The molecule has 0 spiro atoms. The van der Waals surface area contributed by atoms with Gasteiger partial charge in [0.2, 0.25) is 0 Å². The molecule has 7 heteroatoms. The van der Waals surface area contributed by atoms with E-state index in [-0.39, 0.29) is 6.10 Å². The smallest absolute Gasteiger partial charge is 0.187 e. The second-order valence-corrected chi connectivity index (χ2v) is 6.47. The Hall–Kier alpha value is -1.44. The first-order valence-corrected chi connectivity index (χ1v) is 8.37. The number of benzene rings is 1. The van der Waals surface area contributed by atoms with Crippen LogP contribution in [-0.4, -0.2) is 35.6 Å². The van der Waals surface area contributed by atoms with Gasteiger partial charge in [0.25, 0.3) is 0 Å². The SMILES string of the molecule is S=C(NC[C@@H]1CCCO1)N/N=C/c1c[nH]c2ccc(Br)cc12. The third-order valence-electron chi connectivity index (χ3n) is 3.56. The Morgan fingerprint density at radius 3 is 3.27 bits per heavy atom. The van der Waals surface area contributed by atoms with E-state index in [0.29, 0.717) is 5.11 Å². The van der Waals surface area contributed by atoms with Gasteiger partial charge in [0.05, 0.1) is 12.3 Å². The molecule has 3 N–H and O–H groups in total. The summed E-state index contributed by atoms with van der Waals surface area (Å²) in [5, 5.41) is 8.92. The van der Waals surface area contributed by atoms with Gasteiger partial charge in [-0.2, -0.15) is 5.10 Å². The topological polar surface area (TPSA) is 61.4 Å². The number of halogens is 1. The molecule has 0 bridgehead atoms. The summed E-state index contributed by atoms with van der Waals surface area (Å²) < 4.78 is 6.57. The highest BCUT2D eigenvalue weighted by Crippen LogP contribution is 2.21. The van der Waals surface area contributed by atoms with Gasteiger partial charge in [0.15, 0.2) is 5.11 Å². The fraction of sp³-hybridized carbons (Fsp3) is 0.333. The fourth-order valence-corrected chi connectivity index (χ4v) is 2.93. The van der Waals surface area contributed by atoms with Crippen LogP contribution in [0.2, 0.25) is 0 Å². The monoisotopic (exact) mass is 380 g/mol. The van der Waals surface area contributed by atoms with Crippen LogP contribution >= 0.6 is 28.1 Å². The number of fused-ring (bicyclic) bond motifs is 1. The average molecular weight is 381 g/mol. The van der Waals surface area contributed by atoms with Gasteiger partial charge in [0.1, 0.15) is 0 Å². The summed E-state index contributed by atoms with van der Waals surface area (Å²) in [5.74, 6) is 0. The number of nitrogens with zero attached hydrogens (tertiary/aromatic N) is 1. The maximum absolute atomic E-state index is 5.53. The Labute approximate surface area is 142 Å². The third-order valence-corrected chi connectivity index (χ3v) is 4.29. The lowest BCUT2D eigenvalue weighted by molar-refractivity contribution is 0.114. The highest BCUT2D eigenvalue weighted by molar-refractivity contribution is 9.10. The van der Waals surface area contributed by atoms with Gasteiger partial charge >= 0.3 is 0 Å². The molecule has 1 aromatic heterocycles. The van der Waals surface area contributed by atoms with Crippen molar-refractivity contribution in [1.29, 1.82) is 0 Å². The average Bonchev–Trinajstić information content (AvgIpc) is 3.15. The van der Waals surface area contributed by atoms with E-state index in [2.05, 4.69) is 42.8 Å². The maximum Gasteiger partial charge on any atom is 0.187 e. The number of hydrogen-bond donors (Lipinski definition) is 3. The summed E-state index contributed by atoms with van der Waals surface area (Å²) in [7, 11) is 0. The van der Waals surface area contributed by atoms with Crippen molar-refractivity contribution in [3.63, 3.8) is 0 Å². The van der Waals surface area contributed by atoms with E-state index in [0.717, 1.165) is 46.9 Å². The van der Waals surface area contributed by atoms with Gasteiger partial charge < -0.3 is 15.0 Å². The van der Waals surface area contributed by atoms with E-state index in [1.807, 2.05) is 18.3 Å². The molecule has 0 unspecified atom stereocenters. The zero-order valence-corrected chi connectivity index (χ0v) is 14.3. The van der Waals surface area contributed by atoms with E-state index < -0.39 is 0 Å². The minimum atomic E-state index is 0.259. The molecule has 5 nitrogen and oxygen atoms in total. The van der Waals surface area contributed by atoms with E-state index in [9.17, 15) is 0 Å². The lowest BCUT2D eigenvalue weighted by Crippen LogP contribution is -2.37. The van der Waals surface area contributed by atoms with Crippen LogP contribution in [0.4, 0.5) is 0 Å². The lowest BCUT2D eigenvalue weighted by Gasteiger charge is -2.11. The minimum Gasteiger partial charge on any atom is -0.376 e. The summed E-state index contributed by atoms with van der Waals surface area (Å²) in [4.78, 5) is 3.21. The molecule has 0 aliphatic carbocycles. The van der Waals surface area contributed by atoms with Crippen LogP contribution in [-0.2, 0) is 4.74 Å². The van der Waals surface area contributed by atoms with E-state index in [4.69, 9.17) is 17.0 Å². The van der Waals surface area contributed by atoms with Crippen LogP contribution in [0, 0.1) is 0 Å². The summed E-state index contributed by atoms with van der Waals surface area (Å²) in [6.45, 7) is 1.57. The predicted molar refractivity (Wildman–Crippen MR) is 96.3 cm³/mol. The van der Waals surface area contributed by atoms with Crippen LogP contribution in [0.25, 0.3) is 10.9 Å². The number of ether oxygens (including phenoxy) is 1. The van der Waals surface area contributed by atoms with Gasteiger partial charge in [-0.1, -0.05) is 15.9 Å². The number of hydrazone groups is 1. The summed E-state index contributed by atoms with van der Waals surface area (Å²) in [6, 6.07) is 6.08. The number of rotatable bonds is 4. The molecule has 0 saturated carbocycles. The highest BCUT2D eigenvalue weighted by Gasteiger charge is 2.14. The molecule has 22 heavy (non-hydrogen) atoms. The third kappa shape index (κ3) is 3.85. The Kier molecular flexibility index (Phi) is 5.07. The first kappa shape index (κ1) is 15.5. The Morgan fingerprint density at radius 2 is 2.45 bits per heavy atom. The molecule has 1 fully saturated rings. The molecule has 0 radical (unpaired) electrons. The van der Waals surface area contributed by atoms with Crippen molar-refractivity contribution in [3.05, 3.63) is 34.4 Å².